The van der Waals surface area contributed by atoms with Crippen molar-refractivity contribution < 1.29 is 4.79 Å². The van der Waals surface area contributed by atoms with Crippen molar-refractivity contribution in [2.75, 3.05) is 0 Å². The summed E-state index contributed by atoms with van der Waals surface area (Å²) in [4.78, 5) is 12.1. The number of hydrogen-bond acceptors (Lipinski definition) is 1. The van der Waals surface area contributed by atoms with Crippen LogP contribution in [0.2, 0.25) is 0 Å². The Balaban J connectivity index is 1.55. The van der Waals surface area contributed by atoms with Crippen LogP contribution in [0, 0.1) is 0 Å². The molecule has 0 radical (unpaired) electrons. The predicted octanol–water partition coefficient (Wildman–Crippen LogP) is 3.99. The van der Waals surface area contributed by atoms with Crippen molar-refractivity contribution in [3.05, 3.63) is 70.8 Å². The molecule has 0 saturated heterocycles. The van der Waals surface area contributed by atoms with E-state index >= 15 is 0 Å². The summed E-state index contributed by atoms with van der Waals surface area (Å²) in [5, 5.41) is 3.12. The monoisotopic (exact) mass is 293 g/mol. The Morgan fingerprint density at radius 2 is 1.86 bits per heavy atom. The minimum atomic E-state index is 0.0779. The van der Waals surface area contributed by atoms with Gasteiger partial charge in [0.25, 0.3) is 0 Å². The number of rotatable bonds is 5. The van der Waals surface area contributed by atoms with E-state index in [4.69, 9.17) is 0 Å². The highest BCUT2D eigenvalue weighted by atomic mass is 16.1. The van der Waals surface area contributed by atoms with Crippen LogP contribution in [0.25, 0.3) is 0 Å². The van der Waals surface area contributed by atoms with Crippen LogP contribution in [0.15, 0.2) is 48.5 Å². The Labute approximate surface area is 132 Å². The minimum Gasteiger partial charge on any atom is -0.350 e. The van der Waals surface area contributed by atoms with Gasteiger partial charge in [-0.05, 0) is 54.9 Å². The zero-order valence-corrected chi connectivity index (χ0v) is 13.1. The standard InChI is InChI=1S/C20H23NO/c1-15(18-12-11-17-8-5-9-19(17)14-18)21-20(22)13-10-16-6-3-2-4-7-16/h2-4,6-7,11-12,14-15H,5,8-10,13H2,1H3,(H,21,22)/t15-/m0/s1. The lowest BCUT2D eigenvalue weighted by Gasteiger charge is -2.15. The van der Waals surface area contributed by atoms with Gasteiger partial charge in [-0.25, -0.2) is 0 Å². The van der Waals surface area contributed by atoms with Crippen LogP contribution in [-0.4, -0.2) is 5.91 Å². The van der Waals surface area contributed by atoms with Crippen LogP contribution in [0.4, 0.5) is 0 Å². The van der Waals surface area contributed by atoms with Gasteiger partial charge in [0, 0.05) is 6.42 Å². The molecule has 2 heteroatoms. The van der Waals surface area contributed by atoms with Gasteiger partial charge in [-0.1, -0.05) is 48.5 Å². The van der Waals surface area contributed by atoms with Crippen molar-refractivity contribution in [1.29, 1.82) is 0 Å². The van der Waals surface area contributed by atoms with Gasteiger partial charge >= 0.3 is 0 Å². The molecule has 2 aromatic carbocycles. The average Bonchev–Trinajstić information content (AvgIpc) is 3.01. The van der Waals surface area contributed by atoms with E-state index in [1.807, 2.05) is 18.2 Å². The molecule has 114 valence electrons. The molecule has 1 aliphatic carbocycles. The van der Waals surface area contributed by atoms with E-state index in [0.29, 0.717) is 6.42 Å². The van der Waals surface area contributed by atoms with Crippen LogP contribution in [0.5, 0.6) is 0 Å². The molecule has 0 unspecified atom stereocenters. The van der Waals surface area contributed by atoms with E-state index in [1.54, 1.807) is 0 Å². The van der Waals surface area contributed by atoms with Crippen LogP contribution >= 0.6 is 0 Å². The highest BCUT2D eigenvalue weighted by molar-refractivity contribution is 5.76. The molecular formula is C20H23NO. The first-order valence-electron chi connectivity index (χ1n) is 8.17. The summed E-state index contributed by atoms with van der Waals surface area (Å²) in [6.45, 7) is 2.07. The fourth-order valence-electron chi connectivity index (χ4n) is 3.16. The van der Waals surface area contributed by atoms with Gasteiger partial charge in [-0.2, -0.15) is 0 Å². The topological polar surface area (TPSA) is 29.1 Å². The summed E-state index contributed by atoms with van der Waals surface area (Å²) in [5.41, 5.74) is 5.37. The van der Waals surface area contributed by atoms with Gasteiger partial charge in [-0.3, -0.25) is 4.79 Å². The quantitative estimate of drug-likeness (QED) is 0.887. The number of hydrogen-bond donors (Lipinski definition) is 1. The van der Waals surface area contributed by atoms with Crippen molar-refractivity contribution in [2.24, 2.45) is 0 Å². The van der Waals surface area contributed by atoms with Crippen molar-refractivity contribution in [1.82, 2.24) is 5.32 Å². The number of benzene rings is 2. The molecule has 0 spiro atoms. The Bertz CT molecular complexity index is 648. The van der Waals surface area contributed by atoms with Crippen molar-refractivity contribution in [2.45, 2.75) is 45.1 Å². The molecule has 1 amide bonds. The van der Waals surface area contributed by atoms with E-state index in [1.165, 1.54) is 41.5 Å². The summed E-state index contributed by atoms with van der Waals surface area (Å²) in [5.74, 6) is 0.122. The molecule has 1 aliphatic rings. The molecule has 0 aliphatic heterocycles. The van der Waals surface area contributed by atoms with Crippen molar-refractivity contribution >= 4 is 5.91 Å². The highest BCUT2D eigenvalue weighted by Gasteiger charge is 2.14. The fraction of sp³-hybridized carbons (Fsp3) is 0.350. The van der Waals surface area contributed by atoms with Gasteiger partial charge < -0.3 is 5.32 Å². The lowest BCUT2D eigenvalue weighted by Crippen LogP contribution is -2.26. The van der Waals surface area contributed by atoms with Crippen LogP contribution in [-0.2, 0) is 24.1 Å². The van der Waals surface area contributed by atoms with E-state index in [9.17, 15) is 4.79 Å². The molecule has 22 heavy (non-hydrogen) atoms. The highest BCUT2D eigenvalue weighted by Crippen LogP contribution is 2.25. The number of nitrogens with one attached hydrogen (secondary N) is 1. The predicted molar refractivity (Wildman–Crippen MR) is 89.8 cm³/mol. The van der Waals surface area contributed by atoms with E-state index < -0.39 is 0 Å². The maximum Gasteiger partial charge on any atom is 0.220 e. The number of aryl methyl sites for hydroxylation is 3. The van der Waals surface area contributed by atoms with E-state index in [-0.39, 0.29) is 11.9 Å². The molecule has 0 aromatic heterocycles. The largest absolute Gasteiger partial charge is 0.350 e. The summed E-state index contributed by atoms with van der Waals surface area (Å²) in [7, 11) is 0. The molecule has 2 nitrogen and oxygen atoms in total. The van der Waals surface area contributed by atoms with Gasteiger partial charge in [0.2, 0.25) is 5.91 Å². The Morgan fingerprint density at radius 1 is 1.09 bits per heavy atom. The Kier molecular flexibility index (Phi) is 4.57. The Morgan fingerprint density at radius 3 is 2.68 bits per heavy atom. The molecule has 1 atom stereocenters. The van der Waals surface area contributed by atoms with Crippen LogP contribution < -0.4 is 5.32 Å². The van der Waals surface area contributed by atoms with Crippen LogP contribution in [0.1, 0.15) is 48.1 Å². The van der Waals surface area contributed by atoms with E-state index in [2.05, 4.69) is 42.6 Å². The molecule has 3 rings (SSSR count). The number of carbonyl (C=O) groups excluding carboxylic acids is 1. The van der Waals surface area contributed by atoms with Gasteiger partial charge in [-0.15, -0.1) is 0 Å². The summed E-state index contributed by atoms with van der Waals surface area (Å²) < 4.78 is 0. The summed E-state index contributed by atoms with van der Waals surface area (Å²) in [6, 6.07) is 16.9. The third-order valence-corrected chi connectivity index (χ3v) is 4.48. The second-order valence-electron chi connectivity index (χ2n) is 6.16. The van der Waals surface area contributed by atoms with Crippen LogP contribution in [0.3, 0.4) is 0 Å². The van der Waals surface area contributed by atoms with Gasteiger partial charge in [0.15, 0.2) is 0 Å². The molecule has 1 N–H and O–H groups in total. The second-order valence-corrected chi connectivity index (χ2v) is 6.16. The van der Waals surface area contributed by atoms with Crippen molar-refractivity contribution in [3.63, 3.8) is 0 Å². The molecule has 0 saturated carbocycles. The van der Waals surface area contributed by atoms with Crippen molar-refractivity contribution in [3.8, 4) is 0 Å². The van der Waals surface area contributed by atoms with Gasteiger partial charge in [0.05, 0.1) is 6.04 Å². The third-order valence-electron chi connectivity index (χ3n) is 4.48. The molecule has 0 heterocycles. The zero-order valence-electron chi connectivity index (χ0n) is 13.1. The SMILES string of the molecule is C[C@H](NC(=O)CCc1ccccc1)c1ccc2c(c1)CCC2. The average molecular weight is 293 g/mol. The second kappa shape index (κ2) is 6.78. The lowest BCUT2D eigenvalue weighted by atomic mass is 10.0. The number of carbonyl (C=O) groups is 1. The number of amides is 1. The summed E-state index contributed by atoms with van der Waals surface area (Å²) in [6.07, 6.45) is 4.98. The fourth-order valence-corrected chi connectivity index (χ4v) is 3.16. The lowest BCUT2D eigenvalue weighted by molar-refractivity contribution is -0.121. The smallest absolute Gasteiger partial charge is 0.220 e. The van der Waals surface area contributed by atoms with E-state index in [0.717, 1.165) is 6.42 Å². The first kappa shape index (κ1) is 14.8. The molecule has 2 aromatic rings. The maximum atomic E-state index is 12.1. The zero-order chi connectivity index (χ0) is 15.4. The molecule has 0 fully saturated rings. The number of fused-ring (bicyclic) bond motifs is 1. The first-order chi connectivity index (χ1) is 10.7. The minimum absolute atomic E-state index is 0.0779. The molecule has 0 bridgehead atoms. The molecular weight excluding hydrogens is 270 g/mol. The van der Waals surface area contributed by atoms with Gasteiger partial charge in [0.1, 0.15) is 0 Å². The maximum absolute atomic E-state index is 12.1. The third kappa shape index (κ3) is 3.56. The first-order valence-corrected chi connectivity index (χ1v) is 8.17. The summed E-state index contributed by atoms with van der Waals surface area (Å²) >= 11 is 0. The Hall–Kier alpha value is -2.09. The normalized spacial score (nSPS) is 14.4.